The lowest BCUT2D eigenvalue weighted by atomic mass is 10.3. The molecule has 2 heterocycles. The number of pyridine rings is 1. The van der Waals surface area contributed by atoms with Gasteiger partial charge in [0.25, 0.3) is 0 Å². The third-order valence-corrected chi connectivity index (χ3v) is 3.08. The Morgan fingerprint density at radius 2 is 2.18 bits per heavy atom. The Bertz CT molecular complexity index is 312. The van der Waals surface area contributed by atoms with Crippen molar-refractivity contribution in [2.24, 2.45) is 0 Å². The molecule has 17 heavy (non-hydrogen) atoms. The fourth-order valence-electron chi connectivity index (χ4n) is 2.20. The van der Waals surface area contributed by atoms with Gasteiger partial charge in [0.15, 0.2) is 0 Å². The Kier molecular flexibility index (Phi) is 4.91. The number of β-amino-alcohol motifs (C(OH)–C–C–N with tert-alkyl or cyclic N) is 1. The predicted octanol–water partition coefficient (Wildman–Crippen LogP) is 0.628. The molecule has 1 unspecified atom stereocenters. The van der Waals surface area contributed by atoms with Gasteiger partial charge in [-0.25, -0.2) is 0 Å². The second kappa shape index (κ2) is 6.69. The van der Waals surface area contributed by atoms with E-state index in [4.69, 9.17) is 0 Å². The highest BCUT2D eigenvalue weighted by molar-refractivity contribution is 5.02. The summed E-state index contributed by atoms with van der Waals surface area (Å²) in [6.07, 6.45) is 4.05. The minimum Gasteiger partial charge on any atom is -0.390 e. The SMILES string of the molecule is OC(CNCc1ccccn1)CN1CCCC1. The number of aliphatic hydroxyl groups is 1. The number of aliphatic hydroxyl groups excluding tert-OH is 1. The Labute approximate surface area is 103 Å². The number of likely N-dealkylation sites (tertiary alicyclic amines) is 1. The molecule has 0 bridgehead atoms. The average Bonchev–Trinajstić information content (AvgIpc) is 2.83. The summed E-state index contributed by atoms with van der Waals surface area (Å²) in [5.41, 5.74) is 1.01. The Morgan fingerprint density at radius 1 is 1.35 bits per heavy atom. The van der Waals surface area contributed by atoms with Crippen LogP contribution in [-0.2, 0) is 6.54 Å². The molecule has 4 heteroatoms. The van der Waals surface area contributed by atoms with E-state index in [2.05, 4.69) is 15.2 Å². The highest BCUT2D eigenvalue weighted by atomic mass is 16.3. The van der Waals surface area contributed by atoms with Crippen LogP contribution in [0.15, 0.2) is 24.4 Å². The molecule has 4 nitrogen and oxygen atoms in total. The molecule has 1 aliphatic heterocycles. The van der Waals surface area contributed by atoms with E-state index in [1.165, 1.54) is 12.8 Å². The van der Waals surface area contributed by atoms with Crippen LogP contribution in [0.25, 0.3) is 0 Å². The molecule has 1 atom stereocenters. The Hall–Kier alpha value is -0.970. The van der Waals surface area contributed by atoms with E-state index in [-0.39, 0.29) is 6.10 Å². The molecule has 94 valence electrons. The molecule has 0 aliphatic carbocycles. The lowest BCUT2D eigenvalue weighted by Gasteiger charge is -2.19. The quantitative estimate of drug-likeness (QED) is 0.759. The van der Waals surface area contributed by atoms with E-state index in [0.29, 0.717) is 6.54 Å². The maximum atomic E-state index is 9.86. The van der Waals surface area contributed by atoms with Gasteiger partial charge in [0, 0.05) is 25.8 Å². The molecular weight excluding hydrogens is 214 g/mol. The Balaban J connectivity index is 1.61. The van der Waals surface area contributed by atoms with Gasteiger partial charge in [-0.2, -0.15) is 0 Å². The number of nitrogens with one attached hydrogen (secondary N) is 1. The summed E-state index contributed by atoms with van der Waals surface area (Å²) in [7, 11) is 0. The van der Waals surface area contributed by atoms with Gasteiger partial charge in [-0.05, 0) is 38.1 Å². The maximum absolute atomic E-state index is 9.86. The molecule has 1 aromatic heterocycles. The summed E-state index contributed by atoms with van der Waals surface area (Å²) in [6, 6.07) is 5.87. The highest BCUT2D eigenvalue weighted by Crippen LogP contribution is 2.07. The van der Waals surface area contributed by atoms with E-state index in [0.717, 1.165) is 31.9 Å². The molecule has 1 saturated heterocycles. The lowest BCUT2D eigenvalue weighted by molar-refractivity contribution is 0.123. The number of rotatable bonds is 6. The van der Waals surface area contributed by atoms with Crippen molar-refractivity contribution in [1.29, 1.82) is 0 Å². The number of hydrogen-bond acceptors (Lipinski definition) is 4. The standard InChI is InChI=1S/C13H21N3O/c17-13(11-16-7-3-4-8-16)10-14-9-12-5-1-2-6-15-12/h1-2,5-6,13-14,17H,3-4,7-11H2. The monoisotopic (exact) mass is 235 g/mol. The van der Waals surface area contributed by atoms with Crippen molar-refractivity contribution >= 4 is 0 Å². The molecule has 2 N–H and O–H groups in total. The summed E-state index contributed by atoms with van der Waals surface area (Å²) in [5.74, 6) is 0. The summed E-state index contributed by atoms with van der Waals surface area (Å²) >= 11 is 0. The molecule has 0 spiro atoms. The molecule has 1 fully saturated rings. The van der Waals surface area contributed by atoms with E-state index in [1.807, 2.05) is 18.2 Å². The summed E-state index contributed by atoms with van der Waals surface area (Å²) in [4.78, 5) is 6.55. The van der Waals surface area contributed by atoms with Gasteiger partial charge in [0.1, 0.15) is 0 Å². The molecule has 0 radical (unpaired) electrons. The third kappa shape index (κ3) is 4.42. The molecule has 1 aromatic rings. The van der Waals surface area contributed by atoms with E-state index < -0.39 is 0 Å². The first-order valence-electron chi connectivity index (χ1n) is 6.35. The van der Waals surface area contributed by atoms with Crippen LogP contribution in [0, 0.1) is 0 Å². The molecule has 0 saturated carbocycles. The smallest absolute Gasteiger partial charge is 0.0791 e. The normalized spacial score (nSPS) is 18.4. The predicted molar refractivity (Wildman–Crippen MR) is 67.6 cm³/mol. The van der Waals surface area contributed by atoms with Crippen molar-refractivity contribution < 1.29 is 5.11 Å². The number of hydrogen-bond donors (Lipinski definition) is 2. The number of nitrogens with zero attached hydrogens (tertiary/aromatic N) is 2. The highest BCUT2D eigenvalue weighted by Gasteiger charge is 2.15. The van der Waals surface area contributed by atoms with Gasteiger partial charge in [0.2, 0.25) is 0 Å². The second-order valence-corrected chi connectivity index (χ2v) is 4.61. The van der Waals surface area contributed by atoms with Crippen molar-refractivity contribution in [2.45, 2.75) is 25.5 Å². The van der Waals surface area contributed by atoms with Crippen molar-refractivity contribution in [3.05, 3.63) is 30.1 Å². The minimum absolute atomic E-state index is 0.281. The van der Waals surface area contributed by atoms with Gasteiger partial charge < -0.3 is 15.3 Å². The molecule has 2 rings (SSSR count). The molecule has 1 aliphatic rings. The van der Waals surface area contributed by atoms with Crippen LogP contribution in [-0.4, -0.2) is 47.3 Å². The topological polar surface area (TPSA) is 48.4 Å². The van der Waals surface area contributed by atoms with Gasteiger partial charge in [-0.1, -0.05) is 6.07 Å². The first-order chi connectivity index (χ1) is 8.34. The van der Waals surface area contributed by atoms with Crippen molar-refractivity contribution in [3.8, 4) is 0 Å². The Morgan fingerprint density at radius 3 is 2.88 bits per heavy atom. The summed E-state index contributed by atoms with van der Waals surface area (Å²) < 4.78 is 0. The van der Waals surface area contributed by atoms with Crippen molar-refractivity contribution in [3.63, 3.8) is 0 Å². The second-order valence-electron chi connectivity index (χ2n) is 4.61. The summed E-state index contributed by atoms with van der Waals surface area (Å²) in [5, 5.41) is 13.1. The van der Waals surface area contributed by atoms with Crippen LogP contribution in [0.3, 0.4) is 0 Å². The third-order valence-electron chi connectivity index (χ3n) is 3.08. The van der Waals surface area contributed by atoms with Gasteiger partial charge in [-0.3, -0.25) is 4.98 Å². The number of aromatic nitrogens is 1. The van der Waals surface area contributed by atoms with Gasteiger partial charge >= 0.3 is 0 Å². The zero-order valence-corrected chi connectivity index (χ0v) is 10.2. The van der Waals surface area contributed by atoms with Crippen LogP contribution in [0.4, 0.5) is 0 Å². The lowest BCUT2D eigenvalue weighted by Crippen LogP contribution is -2.36. The molecular formula is C13H21N3O. The van der Waals surface area contributed by atoms with E-state index in [9.17, 15) is 5.11 Å². The molecule has 0 amide bonds. The summed E-state index contributed by atoms with van der Waals surface area (Å²) in [6.45, 7) is 4.41. The van der Waals surface area contributed by atoms with Gasteiger partial charge in [-0.15, -0.1) is 0 Å². The van der Waals surface area contributed by atoms with Crippen molar-refractivity contribution in [2.75, 3.05) is 26.2 Å². The van der Waals surface area contributed by atoms with E-state index >= 15 is 0 Å². The van der Waals surface area contributed by atoms with Crippen LogP contribution < -0.4 is 5.32 Å². The first-order valence-corrected chi connectivity index (χ1v) is 6.35. The van der Waals surface area contributed by atoms with Crippen LogP contribution in [0.2, 0.25) is 0 Å². The fraction of sp³-hybridized carbons (Fsp3) is 0.615. The minimum atomic E-state index is -0.281. The van der Waals surface area contributed by atoms with Crippen molar-refractivity contribution in [1.82, 2.24) is 15.2 Å². The molecule has 0 aromatic carbocycles. The maximum Gasteiger partial charge on any atom is 0.0791 e. The van der Waals surface area contributed by atoms with Gasteiger partial charge in [0.05, 0.1) is 11.8 Å². The zero-order valence-electron chi connectivity index (χ0n) is 10.2. The fourth-order valence-corrected chi connectivity index (χ4v) is 2.20. The zero-order chi connectivity index (χ0) is 11.9. The van der Waals surface area contributed by atoms with Crippen LogP contribution in [0.5, 0.6) is 0 Å². The van der Waals surface area contributed by atoms with E-state index in [1.54, 1.807) is 6.20 Å². The first kappa shape index (κ1) is 12.5. The van der Waals surface area contributed by atoms with Crippen LogP contribution >= 0.6 is 0 Å². The average molecular weight is 235 g/mol. The largest absolute Gasteiger partial charge is 0.390 e. The van der Waals surface area contributed by atoms with Crippen LogP contribution in [0.1, 0.15) is 18.5 Å².